The van der Waals surface area contributed by atoms with Crippen LogP contribution in [0.4, 0.5) is 0 Å². The molecule has 1 aliphatic carbocycles. The summed E-state index contributed by atoms with van der Waals surface area (Å²) in [5, 5.41) is 5.83. The van der Waals surface area contributed by atoms with E-state index in [4.69, 9.17) is 9.84 Å². The Balaban J connectivity index is 1.74. The zero-order chi connectivity index (χ0) is 17.8. The molecule has 0 bridgehead atoms. The van der Waals surface area contributed by atoms with Gasteiger partial charge in [-0.2, -0.15) is 5.10 Å². The topological polar surface area (TPSA) is 47.4 Å². The molecule has 0 atom stereocenters. The molecule has 0 amide bonds. The van der Waals surface area contributed by atoms with Crippen LogP contribution >= 0.6 is 0 Å². The number of ether oxygens (including phenoxy) is 1. The summed E-state index contributed by atoms with van der Waals surface area (Å²) in [6.45, 7) is 3.18. The van der Waals surface area contributed by atoms with Crippen molar-refractivity contribution in [1.29, 1.82) is 0 Å². The number of para-hydroxylation sites is 1. The van der Waals surface area contributed by atoms with Crippen molar-refractivity contribution in [2.45, 2.75) is 51.6 Å². The van der Waals surface area contributed by atoms with Crippen LogP contribution in [-0.4, -0.2) is 47.4 Å². The minimum absolute atomic E-state index is 0.204. The minimum Gasteiger partial charge on any atom is -0.466 e. The van der Waals surface area contributed by atoms with Gasteiger partial charge in [-0.25, -0.2) is 0 Å². The van der Waals surface area contributed by atoms with Crippen LogP contribution in [0.5, 0.6) is 0 Å². The quantitative estimate of drug-likeness (QED) is 0.755. The number of carbonyl (C=O) groups is 1. The van der Waals surface area contributed by atoms with E-state index in [2.05, 4.69) is 35.8 Å². The monoisotopic (exact) mass is 343 g/mol. The van der Waals surface area contributed by atoms with Crippen LogP contribution in [0.25, 0.3) is 10.9 Å². The SMILES string of the molecule is CCOC(=O)Cc1nn(C[C@H]2CC[C@@H](N(C)C)CC2)c2ccccc12. The van der Waals surface area contributed by atoms with E-state index in [1.54, 1.807) is 0 Å². The molecule has 1 aromatic heterocycles. The Morgan fingerprint density at radius 3 is 2.64 bits per heavy atom. The maximum Gasteiger partial charge on any atom is 0.311 e. The van der Waals surface area contributed by atoms with Crippen LogP contribution in [0.1, 0.15) is 38.3 Å². The molecule has 25 heavy (non-hydrogen) atoms. The van der Waals surface area contributed by atoms with Gasteiger partial charge in [-0.15, -0.1) is 0 Å². The Kier molecular flexibility index (Phi) is 5.74. The predicted octanol–water partition coefficient (Wildman–Crippen LogP) is 3.26. The molecule has 5 heteroatoms. The normalized spacial score (nSPS) is 21.0. The molecule has 0 N–H and O–H groups in total. The zero-order valence-corrected chi connectivity index (χ0v) is 15.6. The molecule has 0 radical (unpaired) electrons. The van der Waals surface area contributed by atoms with Crippen molar-refractivity contribution in [3.63, 3.8) is 0 Å². The van der Waals surface area contributed by atoms with Crippen molar-refractivity contribution in [2.75, 3.05) is 20.7 Å². The number of esters is 1. The lowest BCUT2D eigenvalue weighted by molar-refractivity contribution is -0.142. The lowest BCUT2D eigenvalue weighted by Crippen LogP contribution is -2.33. The summed E-state index contributed by atoms with van der Waals surface area (Å²) in [5.74, 6) is 0.458. The van der Waals surface area contributed by atoms with Gasteiger partial charge in [0.25, 0.3) is 0 Å². The Bertz CT molecular complexity index is 715. The van der Waals surface area contributed by atoms with Crippen molar-refractivity contribution in [3.05, 3.63) is 30.0 Å². The van der Waals surface area contributed by atoms with Crippen LogP contribution in [0.2, 0.25) is 0 Å². The van der Waals surface area contributed by atoms with E-state index in [0.717, 1.165) is 23.1 Å². The number of carbonyl (C=O) groups excluding carboxylic acids is 1. The Morgan fingerprint density at radius 1 is 1.24 bits per heavy atom. The van der Waals surface area contributed by atoms with Crippen LogP contribution in [0.15, 0.2) is 24.3 Å². The highest BCUT2D eigenvalue weighted by Gasteiger charge is 2.24. The first-order valence-electron chi connectivity index (χ1n) is 9.35. The smallest absolute Gasteiger partial charge is 0.311 e. The van der Waals surface area contributed by atoms with Crippen molar-refractivity contribution in [1.82, 2.24) is 14.7 Å². The third kappa shape index (κ3) is 4.21. The van der Waals surface area contributed by atoms with Gasteiger partial charge in [0.15, 0.2) is 0 Å². The fraction of sp³-hybridized carbons (Fsp3) is 0.600. The van der Waals surface area contributed by atoms with E-state index in [0.29, 0.717) is 18.6 Å². The third-order valence-electron chi connectivity index (χ3n) is 5.33. The number of benzene rings is 1. The van der Waals surface area contributed by atoms with Gasteiger partial charge in [-0.3, -0.25) is 9.48 Å². The van der Waals surface area contributed by atoms with Gasteiger partial charge < -0.3 is 9.64 Å². The highest BCUT2D eigenvalue weighted by Crippen LogP contribution is 2.29. The van der Waals surface area contributed by atoms with Gasteiger partial charge in [0.05, 0.1) is 24.2 Å². The predicted molar refractivity (Wildman–Crippen MR) is 99.5 cm³/mol. The van der Waals surface area contributed by atoms with E-state index >= 15 is 0 Å². The summed E-state index contributed by atoms with van der Waals surface area (Å²) in [5.41, 5.74) is 1.95. The molecule has 0 spiro atoms. The molecule has 1 heterocycles. The summed E-state index contributed by atoms with van der Waals surface area (Å²) in [7, 11) is 4.35. The third-order valence-corrected chi connectivity index (χ3v) is 5.33. The molecule has 0 aliphatic heterocycles. The van der Waals surface area contributed by atoms with Crippen molar-refractivity contribution < 1.29 is 9.53 Å². The summed E-state index contributed by atoms with van der Waals surface area (Å²) >= 11 is 0. The van der Waals surface area contributed by atoms with Gasteiger partial charge in [0.1, 0.15) is 0 Å². The van der Waals surface area contributed by atoms with E-state index in [1.807, 2.05) is 19.1 Å². The molecule has 3 rings (SSSR count). The maximum atomic E-state index is 11.9. The highest BCUT2D eigenvalue weighted by molar-refractivity contribution is 5.86. The van der Waals surface area contributed by atoms with Gasteiger partial charge in [-0.05, 0) is 58.7 Å². The lowest BCUT2D eigenvalue weighted by atomic mass is 9.85. The number of hydrogen-bond donors (Lipinski definition) is 0. The summed E-state index contributed by atoms with van der Waals surface area (Å²) in [6, 6.07) is 8.91. The van der Waals surface area contributed by atoms with Gasteiger partial charge >= 0.3 is 5.97 Å². The van der Waals surface area contributed by atoms with Crippen molar-refractivity contribution >= 4 is 16.9 Å². The molecular formula is C20H29N3O2. The van der Waals surface area contributed by atoms with Crippen LogP contribution in [0, 0.1) is 5.92 Å². The first kappa shape index (κ1) is 17.9. The highest BCUT2D eigenvalue weighted by atomic mass is 16.5. The number of aromatic nitrogens is 2. The van der Waals surface area contributed by atoms with Gasteiger partial charge in [0.2, 0.25) is 0 Å². The zero-order valence-electron chi connectivity index (χ0n) is 15.6. The van der Waals surface area contributed by atoms with Gasteiger partial charge in [0, 0.05) is 18.0 Å². The first-order chi connectivity index (χ1) is 12.1. The molecule has 1 aliphatic rings. The maximum absolute atomic E-state index is 11.9. The second-order valence-corrected chi connectivity index (χ2v) is 7.27. The molecule has 5 nitrogen and oxygen atoms in total. The molecule has 0 saturated heterocycles. The van der Waals surface area contributed by atoms with E-state index in [-0.39, 0.29) is 12.4 Å². The Labute approximate surface area is 149 Å². The van der Waals surface area contributed by atoms with Crippen LogP contribution in [-0.2, 0) is 22.5 Å². The fourth-order valence-electron chi connectivity index (χ4n) is 3.90. The second-order valence-electron chi connectivity index (χ2n) is 7.27. The Morgan fingerprint density at radius 2 is 1.96 bits per heavy atom. The lowest BCUT2D eigenvalue weighted by Gasteiger charge is -2.32. The molecule has 2 aromatic rings. The van der Waals surface area contributed by atoms with E-state index < -0.39 is 0 Å². The number of fused-ring (bicyclic) bond motifs is 1. The van der Waals surface area contributed by atoms with Crippen LogP contribution in [0.3, 0.4) is 0 Å². The summed E-state index contributed by atoms with van der Waals surface area (Å²) in [4.78, 5) is 14.2. The van der Waals surface area contributed by atoms with E-state index in [9.17, 15) is 4.79 Å². The molecule has 1 saturated carbocycles. The number of nitrogens with zero attached hydrogens (tertiary/aromatic N) is 3. The van der Waals surface area contributed by atoms with Crippen molar-refractivity contribution in [3.8, 4) is 0 Å². The van der Waals surface area contributed by atoms with Crippen LogP contribution < -0.4 is 0 Å². The minimum atomic E-state index is -0.204. The second kappa shape index (κ2) is 8.00. The summed E-state index contributed by atoms with van der Waals surface area (Å²) < 4.78 is 7.20. The fourth-order valence-corrected chi connectivity index (χ4v) is 3.90. The average molecular weight is 343 g/mol. The number of hydrogen-bond acceptors (Lipinski definition) is 4. The molecule has 0 unspecified atom stereocenters. The average Bonchev–Trinajstić information content (AvgIpc) is 2.93. The standard InChI is InChI=1S/C20H29N3O2/c1-4-25-20(24)13-18-17-7-5-6-8-19(17)23(21-18)14-15-9-11-16(12-10-15)22(2)3/h5-8,15-16H,4,9-14H2,1-3H3/t15-,16+. The molecule has 1 fully saturated rings. The van der Waals surface area contributed by atoms with Crippen molar-refractivity contribution in [2.24, 2.45) is 5.92 Å². The number of rotatable bonds is 6. The summed E-state index contributed by atoms with van der Waals surface area (Å²) in [6.07, 6.45) is 5.24. The van der Waals surface area contributed by atoms with E-state index in [1.165, 1.54) is 25.7 Å². The molecule has 1 aromatic carbocycles. The molecule has 136 valence electrons. The Hall–Kier alpha value is -1.88. The first-order valence-corrected chi connectivity index (χ1v) is 9.35. The molecular weight excluding hydrogens is 314 g/mol. The largest absolute Gasteiger partial charge is 0.466 e. The van der Waals surface area contributed by atoms with Gasteiger partial charge in [-0.1, -0.05) is 18.2 Å².